The first kappa shape index (κ1) is 84.3. The molecule has 1 saturated heterocycles. The maximum atomic E-state index is 15.1. The first-order chi connectivity index (χ1) is 50.3. The van der Waals surface area contributed by atoms with Crippen molar-refractivity contribution in [2.24, 2.45) is 18.5 Å². The number of rotatable bonds is 27. The second kappa shape index (κ2) is 41.7. The van der Waals surface area contributed by atoms with Crippen molar-refractivity contribution >= 4 is 112 Å². The van der Waals surface area contributed by atoms with Crippen LogP contribution in [-0.2, 0) is 103 Å². The van der Waals surface area contributed by atoms with Crippen molar-refractivity contribution in [2.45, 2.75) is 150 Å². The number of nitrogens with zero attached hydrogens (tertiary/aromatic N) is 2. The molecule has 26 N–H and O–H groups in total. The van der Waals surface area contributed by atoms with E-state index in [2.05, 4.69) is 79.1 Å². The number of aromatic nitrogens is 3. The van der Waals surface area contributed by atoms with Crippen molar-refractivity contribution in [1.82, 2.24) is 89.0 Å². The highest BCUT2D eigenvalue weighted by Crippen LogP contribution is 2.20. The van der Waals surface area contributed by atoms with Crippen molar-refractivity contribution in [1.29, 1.82) is 10.8 Å². The maximum absolute atomic E-state index is 15.1. The third-order valence-corrected chi connectivity index (χ3v) is 16.3. The van der Waals surface area contributed by atoms with Gasteiger partial charge in [0.25, 0.3) is 0 Å². The molecule has 13 atom stereocenters. The number of fused-ring (bicyclic) bond motifs is 1. The van der Waals surface area contributed by atoms with Gasteiger partial charge in [0.2, 0.25) is 71.4 Å². The Bertz CT molecular complexity index is 3820. The highest BCUT2D eigenvalue weighted by Gasteiger charge is 2.40. The number of carboxylic acid groups (broad SMARTS) is 2. The van der Waals surface area contributed by atoms with Crippen molar-refractivity contribution in [3.8, 4) is 0 Å². The standard InChI is InChI=1S/C64H89N21O21/c1-31(89)50(83-55(96)40(74-30-88)20-34-24-72-37-14-8-7-13-36(34)37)59(100)77-39(16-10-18-71-64(67)68)54(95)84-51-32(2)106-49(92)23-44(62(104)105)81-58(99)46(28-87)82-53(94)38(15-9-17-70-63(65)66)75-48(91)26-73-52(93)41(19-33-11-5-4-6-12-33)78-57(98)45(27-86)76-47(90)22-43(61(102)103)80-56(97)42(79-60(51)101)21-35-25-69-29-85(35)3/h4-8,11-14,24-25,29-32,38-46,50-51,72,86-87,89H,9-10,15-23,26-28H2,1-3H3,(H,73,93)(H,74,88)(H,75,91)(H,76,90)(H,77,100)(H,78,98)(H,79,101)(H,80,97)(H,81,99)(H,82,94)(H,83,96)(H,84,95)(H,102,103)(H,104,105)(H4,65,66,70)(H4,67,68,71). The van der Waals surface area contributed by atoms with Crippen LogP contribution < -0.4 is 85.9 Å². The minimum Gasteiger partial charge on any atom is -0.480 e. The largest absolute Gasteiger partial charge is 0.480 e. The van der Waals surface area contributed by atoms with E-state index in [0.717, 1.165) is 13.8 Å². The number of carbonyl (C=O) groups excluding carboxylic acids is 13. The number of aliphatic carboxylic acids is 2. The molecule has 3 heterocycles. The van der Waals surface area contributed by atoms with Gasteiger partial charge in [-0.2, -0.15) is 0 Å². The van der Waals surface area contributed by atoms with Crippen LogP contribution in [0, 0.1) is 10.8 Å². The van der Waals surface area contributed by atoms with Crippen LogP contribution >= 0.6 is 0 Å². The molecule has 0 spiro atoms. The number of guanidine groups is 2. The summed E-state index contributed by atoms with van der Waals surface area (Å²) in [6, 6.07) is -6.23. The van der Waals surface area contributed by atoms with Crippen LogP contribution in [0.3, 0.4) is 0 Å². The van der Waals surface area contributed by atoms with Crippen LogP contribution in [0.1, 0.15) is 69.2 Å². The Labute approximate surface area is 603 Å². The van der Waals surface area contributed by atoms with Crippen molar-refractivity contribution in [2.75, 3.05) is 32.8 Å². The number of ether oxygens (including phenoxy) is 1. The van der Waals surface area contributed by atoms with Crippen LogP contribution in [0.2, 0.25) is 0 Å². The molecule has 12 amide bonds. The summed E-state index contributed by atoms with van der Waals surface area (Å²) in [5.41, 5.74) is 12.7. The third kappa shape index (κ3) is 26.8. The summed E-state index contributed by atoms with van der Waals surface area (Å²) in [4.78, 5) is 214. The number of nitrogens with two attached hydrogens (primary N) is 2. The average molecular weight is 1490 g/mol. The number of hydrogen-bond acceptors (Lipinski definition) is 22. The van der Waals surface area contributed by atoms with Crippen LogP contribution in [-0.4, -0.2) is 253 Å². The molecule has 0 radical (unpaired) electrons. The zero-order chi connectivity index (χ0) is 78.3. The molecule has 106 heavy (non-hydrogen) atoms. The summed E-state index contributed by atoms with van der Waals surface area (Å²) in [5.74, 6) is -20.1. The summed E-state index contributed by atoms with van der Waals surface area (Å²) in [7, 11) is 1.45. The molecule has 42 nitrogen and oxygen atoms in total. The van der Waals surface area contributed by atoms with Gasteiger partial charge in [0, 0.05) is 68.4 Å². The maximum Gasteiger partial charge on any atom is 0.326 e. The Morgan fingerprint density at radius 1 is 0.679 bits per heavy atom. The topological polar surface area (TPSA) is 668 Å². The molecule has 2 aromatic carbocycles. The number of imidazole rings is 1. The predicted molar refractivity (Wildman–Crippen MR) is 369 cm³/mol. The Morgan fingerprint density at radius 3 is 1.86 bits per heavy atom. The molecule has 1 aliphatic rings. The number of carboxylic acids is 2. The highest BCUT2D eigenvalue weighted by atomic mass is 16.5. The number of para-hydroxylation sites is 1. The van der Waals surface area contributed by atoms with Gasteiger partial charge in [0.15, 0.2) is 11.9 Å². The van der Waals surface area contributed by atoms with E-state index >= 15 is 4.79 Å². The molecule has 2 aromatic heterocycles. The third-order valence-electron chi connectivity index (χ3n) is 16.3. The van der Waals surface area contributed by atoms with E-state index in [4.69, 9.17) is 27.0 Å². The molecule has 13 unspecified atom stereocenters. The summed E-state index contributed by atoms with van der Waals surface area (Å²) in [5, 5.41) is 101. The lowest BCUT2D eigenvalue weighted by atomic mass is 10.0. The molecule has 4 aromatic rings. The molecule has 0 saturated carbocycles. The van der Waals surface area contributed by atoms with Gasteiger partial charge in [-0.15, -0.1) is 0 Å². The number of carbonyl (C=O) groups is 15. The van der Waals surface area contributed by atoms with Gasteiger partial charge >= 0.3 is 17.9 Å². The number of aliphatic hydroxyl groups is 3. The van der Waals surface area contributed by atoms with Crippen molar-refractivity contribution in [3.05, 3.63) is 90.1 Å². The lowest BCUT2D eigenvalue weighted by Crippen LogP contribution is -2.63. The summed E-state index contributed by atoms with van der Waals surface area (Å²) < 4.78 is 6.91. The number of nitrogens with one attached hydrogen (secondary N) is 17. The molecule has 42 heteroatoms. The number of esters is 1. The van der Waals surface area contributed by atoms with E-state index in [0.29, 0.717) is 22.0 Å². The number of aryl methyl sites for hydroxylation is 1. The van der Waals surface area contributed by atoms with Crippen molar-refractivity contribution < 1.29 is 102 Å². The SMILES string of the molecule is CC(O)C(NC(=O)C(Cc1c[nH]c2ccccc12)NC=O)C(=O)NC(CCCNC(=N)N)C(=O)NC1C(=O)NC(Cc2cncn2C)C(=O)NC(C(=O)O)CC(=O)NC(CO)C(=O)NC(Cc2ccccc2)C(=O)NCC(=O)NC(CCCNC(=N)N)C(=O)NC(CO)C(=O)NC(C(=O)O)CC(=O)OC1C. The Hall–Kier alpha value is -12.3. The molecule has 5 rings (SSSR count). The first-order valence-corrected chi connectivity index (χ1v) is 33.1. The van der Waals surface area contributed by atoms with Gasteiger partial charge in [-0.1, -0.05) is 48.5 Å². The van der Waals surface area contributed by atoms with Gasteiger partial charge in [-0.05, 0) is 56.7 Å². The van der Waals surface area contributed by atoms with Gasteiger partial charge in [0.1, 0.15) is 72.6 Å². The number of H-pyrrole nitrogens is 1. The average Bonchev–Trinajstić information content (AvgIpc) is 1.73. The zero-order valence-corrected chi connectivity index (χ0v) is 57.7. The zero-order valence-electron chi connectivity index (χ0n) is 57.7. The molecule has 0 aliphatic carbocycles. The second-order valence-corrected chi connectivity index (χ2v) is 24.4. The lowest BCUT2D eigenvalue weighted by Gasteiger charge is -2.30. The molecular formula is C64H89N21O21. The Morgan fingerprint density at radius 2 is 1.25 bits per heavy atom. The van der Waals surface area contributed by atoms with E-state index in [1.165, 1.54) is 24.1 Å². The van der Waals surface area contributed by atoms with E-state index in [-0.39, 0.29) is 57.3 Å². The molecular weight excluding hydrogens is 1400 g/mol. The molecule has 576 valence electrons. The number of hydrogen-bond donors (Lipinski definition) is 24. The fourth-order valence-corrected chi connectivity index (χ4v) is 10.7. The number of amides is 12. The van der Waals surface area contributed by atoms with Crippen LogP contribution in [0.5, 0.6) is 0 Å². The van der Waals surface area contributed by atoms with Gasteiger partial charge in [-0.25, -0.2) is 14.6 Å². The lowest BCUT2D eigenvalue weighted by molar-refractivity contribution is -0.156. The normalized spacial score (nSPS) is 21.9. The first-order valence-electron chi connectivity index (χ1n) is 33.1. The number of benzene rings is 2. The molecule has 1 aliphatic heterocycles. The Balaban J connectivity index is 1.57. The Kier molecular flexibility index (Phi) is 33.2. The minimum absolute atomic E-state index is 0.0280. The summed E-state index contributed by atoms with van der Waals surface area (Å²) >= 11 is 0. The second-order valence-electron chi connectivity index (χ2n) is 24.4. The van der Waals surface area contributed by atoms with Crippen LogP contribution in [0.15, 0.2) is 73.3 Å². The van der Waals surface area contributed by atoms with E-state index in [1.54, 1.807) is 60.8 Å². The van der Waals surface area contributed by atoms with E-state index < -0.39 is 219 Å². The van der Waals surface area contributed by atoms with Crippen LogP contribution in [0.25, 0.3) is 10.9 Å². The van der Waals surface area contributed by atoms with Gasteiger partial charge in [-0.3, -0.25) is 73.1 Å². The van der Waals surface area contributed by atoms with Crippen LogP contribution in [0.4, 0.5) is 0 Å². The molecule has 0 bridgehead atoms. The van der Waals surface area contributed by atoms with Gasteiger partial charge < -0.3 is 126 Å². The highest BCUT2D eigenvalue weighted by molar-refractivity contribution is 6.00. The predicted octanol–water partition coefficient (Wildman–Crippen LogP) is -9.21. The molecule has 1 fully saturated rings. The number of aliphatic hydroxyl groups excluding tert-OH is 3. The number of aromatic amines is 1. The summed E-state index contributed by atoms with van der Waals surface area (Å²) in [6.07, 6.45) is -3.93. The smallest absolute Gasteiger partial charge is 0.326 e. The van der Waals surface area contributed by atoms with E-state index in [1.807, 2.05) is 5.32 Å². The monoisotopic (exact) mass is 1490 g/mol. The quantitative estimate of drug-likeness (QED) is 0.00867. The summed E-state index contributed by atoms with van der Waals surface area (Å²) in [6.45, 7) is -1.50. The minimum atomic E-state index is -2.30. The fraction of sp³-hybridized carbons (Fsp3) is 0.469. The number of cyclic esters (lactones) is 1. The van der Waals surface area contributed by atoms with Crippen molar-refractivity contribution in [3.63, 3.8) is 0 Å². The fourth-order valence-electron chi connectivity index (χ4n) is 10.7. The van der Waals surface area contributed by atoms with Gasteiger partial charge in [0.05, 0.1) is 45.0 Å². The van der Waals surface area contributed by atoms with E-state index in [9.17, 15) is 92.7 Å².